The predicted octanol–water partition coefficient (Wildman–Crippen LogP) is 4.09. The Hall–Kier alpha value is -2.37. The summed E-state index contributed by atoms with van der Waals surface area (Å²) in [5.74, 6) is -0.0793. The van der Waals surface area contributed by atoms with Crippen LogP contribution < -0.4 is 5.32 Å². The summed E-state index contributed by atoms with van der Waals surface area (Å²) in [6, 6.07) is 13.8. The van der Waals surface area contributed by atoms with Crippen molar-refractivity contribution < 1.29 is 13.6 Å². The van der Waals surface area contributed by atoms with Crippen molar-refractivity contribution in [1.29, 1.82) is 0 Å². The molecular weight excluding hydrogens is 355 g/mol. The van der Waals surface area contributed by atoms with Crippen LogP contribution in [0, 0.1) is 12.7 Å². The number of furan rings is 1. The Bertz CT molecular complexity index is 940. The zero-order chi connectivity index (χ0) is 17.4. The van der Waals surface area contributed by atoms with Gasteiger partial charge in [0.25, 0.3) is 5.91 Å². The van der Waals surface area contributed by atoms with Crippen LogP contribution in [0.4, 0.5) is 4.39 Å². The number of hydrogen-bond acceptors (Lipinski definition) is 3. The molecule has 3 aromatic rings. The number of carbonyl (C=O) groups is 1. The van der Waals surface area contributed by atoms with E-state index < -0.39 is 0 Å². The lowest BCUT2D eigenvalue weighted by molar-refractivity contribution is 0.0602. The van der Waals surface area contributed by atoms with E-state index in [0.29, 0.717) is 31.0 Å². The van der Waals surface area contributed by atoms with Crippen LogP contribution in [-0.2, 0) is 0 Å². The molecule has 0 saturated carbocycles. The van der Waals surface area contributed by atoms with Crippen molar-refractivity contribution in [2.75, 3.05) is 19.6 Å². The van der Waals surface area contributed by atoms with Gasteiger partial charge in [0.2, 0.25) is 0 Å². The molecule has 1 unspecified atom stereocenters. The third kappa shape index (κ3) is 3.20. The lowest BCUT2D eigenvalue weighted by Gasteiger charge is -2.36. The van der Waals surface area contributed by atoms with Gasteiger partial charge in [0.05, 0.1) is 6.04 Å². The lowest BCUT2D eigenvalue weighted by Crippen LogP contribution is -2.48. The minimum absolute atomic E-state index is 0. The summed E-state index contributed by atoms with van der Waals surface area (Å²) in [5.41, 5.74) is 2.34. The molecule has 1 N–H and O–H groups in total. The number of piperazine rings is 1. The standard InChI is InChI=1S/C20H19FN2O2.ClH/c1-13-16-7-2-3-8-18(16)25-19(13)20(24)23-10-9-22-12-17(23)14-5-4-6-15(21)11-14;/h2-8,11,17,22H,9-10,12H2,1H3;1H. The molecule has 4 rings (SSSR count). The van der Waals surface area contributed by atoms with E-state index in [-0.39, 0.29) is 30.2 Å². The Balaban J connectivity index is 0.00000196. The largest absolute Gasteiger partial charge is 0.451 e. The molecule has 2 heterocycles. The fourth-order valence-electron chi connectivity index (χ4n) is 3.47. The third-order valence-electron chi connectivity index (χ3n) is 4.78. The van der Waals surface area contributed by atoms with Crippen LogP contribution >= 0.6 is 12.4 Å². The average Bonchev–Trinajstić information content (AvgIpc) is 2.98. The van der Waals surface area contributed by atoms with E-state index in [2.05, 4.69) is 5.32 Å². The molecule has 0 radical (unpaired) electrons. The van der Waals surface area contributed by atoms with Crippen molar-refractivity contribution in [1.82, 2.24) is 10.2 Å². The molecule has 26 heavy (non-hydrogen) atoms. The first kappa shape index (κ1) is 18.4. The highest BCUT2D eigenvalue weighted by Gasteiger charge is 2.31. The van der Waals surface area contributed by atoms with E-state index in [1.54, 1.807) is 11.0 Å². The van der Waals surface area contributed by atoms with Crippen LogP contribution in [0.15, 0.2) is 52.9 Å². The Kier molecular flexibility index (Phi) is 5.30. The first-order valence-electron chi connectivity index (χ1n) is 8.40. The zero-order valence-electron chi connectivity index (χ0n) is 14.4. The van der Waals surface area contributed by atoms with Crippen molar-refractivity contribution in [2.45, 2.75) is 13.0 Å². The van der Waals surface area contributed by atoms with Gasteiger partial charge < -0.3 is 14.6 Å². The number of amides is 1. The number of carbonyl (C=O) groups excluding carboxylic acids is 1. The van der Waals surface area contributed by atoms with Gasteiger partial charge in [0.1, 0.15) is 11.4 Å². The second-order valence-electron chi connectivity index (χ2n) is 6.33. The molecule has 1 atom stereocenters. The molecule has 0 spiro atoms. The molecular formula is C20H20ClFN2O2. The van der Waals surface area contributed by atoms with E-state index >= 15 is 0 Å². The van der Waals surface area contributed by atoms with Gasteiger partial charge in [-0.1, -0.05) is 30.3 Å². The maximum Gasteiger partial charge on any atom is 0.290 e. The van der Waals surface area contributed by atoms with Gasteiger partial charge in [-0.3, -0.25) is 4.79 Å². The molecule has 1 amide bonds. The fourth-order valence-corrected chi connectivity index (χ4v) is 3.47. The monoisotopic (exact) mass is 374 g/mol. The number of para-hydroxylation sites is 1. The topological polar surface area (TPSA) is 45.5 Å². The fraction of sp³-hybridized carbons (Fsp3) is 0.250. The number of nitrogens with one attached hydrogen (secondary N) is 1. The molecule has 136 valence electrons. The van der Waals surface area contributed by atoms with Crippen LogP contribution in [0.25, 0.3) is 11.0 Å². The average molecular weight is 375 g/mol. The smallest absolute Gasteiger partial charge is 0.290 e. The van der Waals surface area contributed by atoms with Gasteiger partial charge in [-0.25, -0.2) is 4.39 Å². The first-order valence-corrected chi connectivity index (χ1v) is 8.40. The summed E-state index contributed by atoms with van der Waals surface area (Å²) < 4.78 is 19.5. The summed E-state index contributed by atoms with van der Waals surface area (Å²) in [6.07, 6.45) is 0. The van der Waals surface area contributed by atoms with Gasteiger partial charge in [0, 0.05) is 30.6 Å². The molecule has 0 bridgehead atoms. The quantitative estimate of drug-likeness (QED) is 0.734. The Morgan fingerprint density at radius 3 is 2.81 bits per heavy atom. The summed E-state index contributed by atoms with van der Waals surface area (Å²) in [5, 5.41) is 4.23. The minimum Gasteiger partial charge on any atom is -0.451 e. The molecule has 2 aromatic carbocycles. The molecule has 4 nitrogen and oxygen atoms in total. The molecule has 1 aliphatic rings. The van der Waals surface area contributed by atoms with Crippen molar-refractivity contribution in [3.63, 3.8) is 0 Å². The van der Waals surface area contributed by atoms with E-state index in [0.717, 1.165) is 16.5 Å². The predicted molar refractivity (Wildman–Crippen MR) is 101 cm³/mol. The SMILES string of the molecule is Cc1c(C(=O)N2CCNCC2c2cccc(F)c2)oc2ccccc12.Cl. The highest BCUT2D eigenvalue weighted by Crippen LogP contribution is 2.30. The van der Waals surface area contributed by atoms with Gasteiger partial charge in [-0.2, -0.15) is 0 Å². The van der Waals surface area contributed by atoms with Crippen LogP contribution in [0.3, 0.4) is 0 Å². The number of fused-ring (bicyclic) bond motifs is 1. The van der Waals surface area contributed by atoms with Crippen LogP contribution in [0.1, 0.15) is 27.7 Å². The van der Waals surface area contributed by atoms with Crippen LogP contribution in [0.5, 0.6) is 0 Å². The first-order chi connectivity index (χ1) is 12.1. The van der Waals surface area contributed by atoms with Gasteiger partial charge >= 0.3 is 0 Å². The minimum atomic E-state index is -0.296. The maximum atomic E-state index is 13.6. The summed E-state index contributed by atoms with van der Waals surface area (Å²) in [7, 11) is 0. The van der Waals surface area contributed by atoms with Crippen molar-refractivity contribution in [2.24, 2.45) is 0 Å². The van der Waals surface area contributed by atoms with Gasteiger partial charge in [-0.05, 0) is 30.7 Å². The third-order valence-corrected chi connectivity index (χ3v) is 4.78. The normalized spacial score (nSPS) is 17.2. The lowest BCUT2D eigenvalue weighted by atomic mass is 10.0. The Labute approximate surface area is 157 Å². The van der Waals surface area contributed by atoms with E-state index in [1.165, 1.54) is 12.1 Å². The molecule has 1 aromatic heterocycles. The number of aryl methyl sites for hydroxylation is 1. The maximum absolute atomic E-state index is 13.6. The number of hydrogen-bond donors (Lipinski definition) is 1. The van der Waals surface area contributed by atoms with E-state index in [1.807, 2.05) is 37.3 Å². The number of nitrogens with zero attached hydrogens (tertiary/aromatic N) is 1. The van der Waals surface area contributed by atoms with E-state index in [4.69, 9.17) is 4.42 Å². The van der Waals surface area contributed by atoms with Crippen molar-refractivity contribution >= 4 is 29.3 Å². The van der Waals surface area contributed by atoms with Crippen molar-refractivity contribution in [3.8, 4) is 0 Å². The highest BCUT2D eigenvalue weighted by molar-refractivity contribution is 5.99. The number of rotatable bonds is 2. The molecule has 1 aliphatic heterocycles. The van der Waals surface area contributed by atoms with Crippen LogP contribution in [0.2, 0.25) is 0 Å². The van der Waals surface area contributed by atoms with Gasteiger partial charge in [-0.15, -0.1) is 12.4 Å². The number of halogens is 2. The Morgan fingerprint density at radius 1 is 1.23 bits per heavy atom. The van der Waals surface area contributed by atoms with Crippen molar-refractivity contribution in [3.05, 3.63) is 71.2 Å². The zero-order valence-corrected chi connectivity index (χ0v) is 15.2. The van der Waals surface area contributed by atoms with Crippen LogP contribution in [-0.4, -0.2) is 30.4 Å². The molecule has 1 fully saturated rings. The number of benzene rings is 2. The molecule has 1 saturated heterocycles. The second kappa shape index (κ2) is 7.48. The molecule has 6 heteroatoms. The summed E-state index contributed by atoms with van der Waals surface area (Å²) in [6.45, 7) is 3.75. The molecule has 0 aliphatic carbocycles. The highest BCUT2D eigenvalue weighted by atomic mass is 35.5. The summed E-state index contributed by atoms with van der Waals surface area (Å²) in [4.78, 5) is 14.9. The van der Waals surface area contributed by atoms with E-state index in [9.17, 15) is 9.18 Å². The second-order valence-corrected chi connectivity index (χ2v) is 6.33. The summed E-state index contributed by atoms with van der Waals surface area (Å²) >= 11 is 0. The Morgan fingerprint density at radius 2 is 2.04 bits per heavy atom. The van der Waals surface area contributed by atoms with Gasteiger partial charge in [0.15, 0.2) is 5.76 Å².